The van der Waals surface area contributed by atoms with Gasteiger partial charge in [-0.1, -0.05) is 11.6 Å². The second-order valence-corrected chi connectivity index (χ2v) is 7.39. The molecule has 0 atom stereocenters. The third kappa shape index (κ3) is 4.35. The molecule has 150 valence electrons. The van der Waals surface area contributed by atoms with E-state index in [4.69, 9.17) is 16.3 Å². The second kappa shape index (κ2) is 8.53. The van der Waals surface area contributed by atoms with Crippen LogP contribution in [0.3, 0.4) is 0 Å². The van der Waals surface area contributed by atoms with Crippen LogP contribution in [0, 0.1) is 13.8 Å². The fourth-order valence-electron chi connectivity index (χ4n) is 3.22. The number of aromatic nitrogens is 1. The molecule has 0 aliphatic heterocycles. The second-order valence-electron chi connectivity index (χ2n) is 6.99. The summed E-state index contributed by atoms with van der Waals surface area (Å²) in [6.07, 6.45) is 1.80. The topological polar surface area (TPSA) is 46.8 Å². The predicted molar refractivity (Wildman–Crippen MR) is 120 cm³/mol. The van der Waals surface area contributed by atoms with E-state index in [2.05, 4.69) is 58.6 Å². The zero-order valence-electron chi connectivity index (χ0n) is 17.2. The Hall–Kier alpha value is -3.05. The van der Waals surface area contributed by atoms with Gasteiger partial charge in [-0.25, -0.2) is 4.79 Å². The van der Waals surface area contributed by atoms with E-state index in [1.54, 1.807) is 24.4 Å². The van der Waals surface area contributed by atoms with E-state index in [-0.39, 0.29) is 0 Å². The number of nitrogens with zero attached hydrogens (tertiary/aromatic N) is 3. The van der Waals surface area contributed by atoms with Gasteiger partial charge in [0.05, 0.1) is 23.4 Å². The highest BCUT2D eigenvalue weighted by Crippen LogP contribution is 2.25. The van der Waals surface area contributed by atoms with E-state index in [1.807, 2.05) is 14.1 Å². The fourth-order valence-corrected chi connectivity index (χ4v) is 3.41. The van der Waals surface area contributed by atoms with Crippen LogP contribution in [0.2, 0.25) is 5.02 Å². The molecule has 0 radical (unpaired) electrons. The first-order valence-electron chi connectivity index (χ1n) is 9.20. The number of halogens is 1. The summed E-state index contributed by atoms with van der Waals surface area (Å²) in [4.78, 5) is 18.4. The average Bonchev–Trinajstić information content (AvgIpc) is 3.00. The summed E-state index contributed by atoms with van der Waals surface area (Å²) in [6.45, 7) is 4.14. The molecule has 1 heterocycles. The number of aliphatic imine (C=N–C) groups is 1. The van der Waals surface area contributed by atoms with Gasteiger partial charge in [0.1, 0.15) is 0 Å². The van der Waals surface area contributed by atoms with E-state index >= 15 is 0 Å². The Morgan fingerprint density at radius 1 is 1.10 bits per heavy atom. The third-order valence-corrected chi connectivity index (χ3v) is 5.13. The van der Waals surface area contributed by atoms with Crippen LogP contribution in [0.5, 0.6) is 0 Å². The summed E-state index contributed by atoms with van der Waals surface area (Å²) in [5.41, 5.74) is 6.41. The van der Waals surface area contributed by atoms with Crippen molar-refractivity contribution in [3.63, 3.8) is 0 Å². The predicted octanol–water partition coefficient (Wildman–Crippen LogP) is 5.35. The number of methoxy groups -OCH3 is 1. The molecule has 0 fully saturated rings. The molecule has 0 spiro atoms. The number of hydrogen-bond donors (Lipinski definition) is 0. The van der Waals surface area contributed by atoms with Crippen molar-refractivity contribution in [3.05, 3.63) is 76.1 Å². The largest absolute Gasteiger partial charge is 0.465 e. The lowest BCUT2D eigenvalue weighted by atomic mass is 10.2. The van der Waals surface area contributed by atoms with E-state index in [0.717, 1.165) is 28.3 Å². The molecule has 0 unspecified atom stereocenters. The zero-order chi connectivity index (χ0) is 21.1. The Morgan fingerprint density at radius 2 is 1.79 bits per heavy atom. The first-order valence-corrected chi connectivity index (χ1v) is 9.58. The number of hydrogen-bond acceptors (Lipinski definition) is 4. The molecule has 1 aromatic heterocycles. The first-order chi connectivity index (χ1) is 13.8. The summed E-state index contributed by atoms with van der Waals surface area (Å²) in [6, 6.07) is 15.6. The molecule has 3 rings (SSSR count). The number of carbonyl (C=O) groups excluding carboxylic acids is 1. The summed E-state index contributed by atoms with van der Waals surface area (Å²) in [5.74, 6) is -0.480. The highest BCUT2D eigenvalue weighted by atomic mass is 35.5. The van der Waals surface area contributed by atoms with Crippen molar-refractivity contribution >= 4 is 35.2 Å². The van der Waals surface area contributed by atoms with Crippen molar-refractivity contribution in [1.29, 1.82) is 0 Å². The van der Waals surface area contributed by atoms with Crippen LogP contribution in [0.1, 0.15) is 27.3 Å². The van der Waals surface area contributed by atoms with Crippen molar-refractivity contribution < 1.29 is 9.53 Å². The Labute approximate surface area is 176 Å². The van der Waals surface area contributed by atoms with Gasteiger partial charge in [-0.15, -0.1) is 0 Å². The van der Waals surface area contributed by atoms with Crippen LogP contribution in [-0.2, 0) is 4.74 Å². The molecule has 29 heavy (non-hydrogen) atoms. The van der Waals surface area contributed by atoms with Crippen LogP contribution in [-0.4, -0.2) is 38.0 Å². The lowest BCUT2D eigenvalue weighted by molar-refractivity contribution is 0.0601. The molecule has 3 aromatic rings. The number of anilines is 1. The molecule has 5 nitrogen and oxygen atoms in total. The van der Waals surface area contributed by atoms with Crippen LogP contribution in [0.4, 0.5) is 11.4 Å². The third-order valence-electron chi connectivity index (χ3n) is 4.80. The van der Waals surface area contributed by atoms with Gasteiger partial charge in [-0.05, 0) is 62.4 Å². The van der Waals surface area contributed by atoms with Gasteiger partial charge in [-0.3, -0.25) is 4.99 Å². The van der Waals surface area contributed by atoms with E-state index < -0.39 is 5.97 Å². The van der Waals surface area contributed by atoms with Gasteiger partial charge in [0.2, 0.25) is 0 Å². The number of esters is 1. The standard InChI is InChI=1S/C23H24ClN3O2/c1-15-12-17(14-25-18-6-11-22(24)21(13-18)23(28)29-5)16(2)27(15)20-9-7-19(8-10-20)26(3)4/h6-14H,1-5H3. The number of benzene rings is 2. The molecule has 0 amide bonds. The number of rotatable bonds is 5. The van der Waals surface area contributed by atoms with Crippen LogP contribution in [0.15, 0.2) is 53.5 Å². The van der Waals surface area contributed by atoms with Gasteiger partial charge >= 0.3 is 5.97 Å². The molecule has 0 aliphatic carbocycles. The Balaban J connectivity index is 1.92. The monoisotopic (exact) mass is 409 g/mol. The maximum absolute atomic E-state index is 11.8. The summed E-state index contributed by atoms with van der Waals surface area (Å²) in [5, 5.41) is 0.343. The molecule has 2 aromatic carbocycles. The van der Waals surface area contributed by atoms with Crippen molar-refractivity contribution in [2.24, 2.45) is 4.99 Å². The maximum Gasteiger partial charge on any atom is 0.339 e. The summed E-state index contributed by atoms with van der Waals surface area (Å²) < 4.78 is 6.96. The molecule has 0 bridgehead atoms. The Bertz CT molecular complexity index is 1070. The Kier molecular flexibility index (Phi) is 6.09. The van der Waals surface area contributed by atoms with Gasteiger partial charge in [-0.2, -0.15) is 0 Å². The van der Waals surface area contributed by atoms with Gasteiger partial charge < -0.3 is 14.2 Å². The molecule has 0 saturated carbocycles. The molecular weight excluding hydrogens is 386 g/mol. The highest BCUT2D eigenvalue weighted by molar-refractivity contribution is 6.33. The molecule has 6 heteroatoms. The molecule has 0 saturated heterocycles. The van der Waals surface area contributed by atoms with Gasteiger partial charge in [0.25, 0.3) is 0 Å². The van der Waals surface area contributed by atoms with Crippen molar-refractivity contribution in [2.45, 2.75) is 13.8 Å². The lowest BCUT2D eigenvalue weighted by Gasteiger charge is -2.14. The van der Waals surface area contributed by atoms with E-state index in [1.165, 1.54) is 7.11 Å². The van der Waals surface area contributed by atoms with Crippen LogP contribution >= 0.6 is 11.6 Å². The zero-order valence-corrected chi connectivity index (χ0v) is 18.0. The summed E-state index contributed by atoms with van der Waals surface area (Å²) in [7, 11) is 5.38. The minimum Gasteiger partial charge on any atom is -0.465 e. The normalized spacial score (nSPS) is 11.1. The van der Waals surface area contributed by atoms with Crippen molar-refractivity contribution in [2.75, 3.05) is 26.1 Å². The maximum atomic E-state index is 11.8. The fraction of sp³-hybridized carbons (Fsp3) is 0.217. The number of aryl methyl sites for hydroxylation is 1. The number of carbonyl (C=O) groups is 1. The molecular formula is C23H24ClN3O2. The van der Waals surface area contributed by atoms with Gasteiger partial charge in [0, 0.05) is 48.6 Å². The molecule has 0 N–H and O–H groups in total. The lowest BCUT2D eigenvalue weighted by Crippen LogP contribution is -2.08. The van der Waals surface area contributed by atoms with Crippen molar-refractivity contribution in [3.8, 4) is 5.69 Å². The quantitative estimate of drug-likeness (QED) is 0.421. The minimum atomic E-state index is -0.480. The van der Waals surface area contributed by atoms with Crippen LogP contribution in [0.25, 0.3) is 5.69 Å². The SMILES string of the molecule is COC(=O)c1cc(N=Cc2cc(C)n(-c3ccc(N(C)C)cc3)c2C)ccc1Cl. The minimum absolute atomic E-state index is 0.301. The average molecular weight is 410 g/mol. The number of ether oxygens (including phenoxy) is 1. The highest BCUT2D eigenvalue weighted by Gasteiger charge is 2.12. The van der Waals surface area contributed by atoms with Crippen molar-refractivity contribution in [1.82, 2.24) is 4.57 Å². The summed E-state index contributed by atoms with van der Waals surface area (Å²) >= 11 is 6.08. The van der Waals surface area contributed by atoms with Crippen LogP contribution < -0.4 is 4.90 Å². The van der Waals surface area contributed by atoms with E-state index in [0.29, 0.717) is 16.3 Å². The molecule has 0 aliphatic rings. The van der Waals surface area contributed by atoms with Gasteiger partial charge in [0.15, 0.2) is 0 Å². The Morgan fingerprint density at radius 3 is 2.41 bits per heavy atom. The van der Waals surface area contributed by atoms with E-state index in [9.17, 15) is 4.79 Å². The smallest absolute Gasteiger partial charge is 0.339 e. The first kappa shape index (κ1) is 20.7.